The molecule has 0 aliphatic rings. The third kappa shape index (κ3) is 2.75. The Hall–Kier alpha value is -1.83. The number of anilines is 1. The molecular weight excluding hydrogens is 315 g/mol. The Balaban J connectivity index is 2.63. The smallest absolute Gasteiger partial charge is 0.397 e. The van der Waals surface area contributed by atoms with E-state index < -0.39 is 11.9 Å². The van der Waals surface area contributed by atoms with Crippen molar-refractivity contribution in [2.24, 2.45) is 0 Å². The number of carbonyl (C=O) groups excluding carboxylic acids is 1. The number of carbonyl (C=O) groups is 1. The number of halogens is 3. The van der Waals surface area contributed by atoms with Crippen molar-refractivity contribution in [3.8, 4) is 0 Å². The van der Waals surface area contributed by atoms with Crippen LogP contribution in [0.2, 0.25) is 0 Å². The summed E-state index contributed by atoms with van der Waals surface area (Å²) in [5, 5.41) is 0.425. The lowest BCUT2D eigenvalue weighted by atomic mass is 10.1. The topological polar surface area (TPSA) is 59.2 Å². The molecule has 2 N–H and O–H groups in total. The molecule has 8 heteroatoms. The van der Waals surface area contributed by atoms with Crippen LogP contribution in [0.4, 0.5) is 18.9 Å². The highest BCUT2D eigenvalue weighted by atomic mass is 32.1. The number of fused-ring (bicyclic) bond motifs is 1. The molecule has 0 radical (unpaired) electrons. The Labute approximate surface area is 129 Å². The van der Waals surface area contributed by atoms with Crippen molar-refractivity contribution in [1.29, 1.82) is 0 Å². The van der Waals surface area contributed by atoms with Crippen molar-refractivity contribution in [3.05, 3.63) is 22.2 Å². The number of nitrogens with zero attached hydrogens (tertiary/aromatic N) is 2. The second-order valence-electron chi connectivity index (χ2n) is 4.82. The minimum absolute atomic E-state index is 0.139. The van der Waals surface area contributed by atoms with Crippen LogP contribution in [-0.4, -0.2) is 28.9 Å². The summed E-state index contributed by atoms with van der Waals surface area (Å²) in [6.45, 7) is 6.20. The first-order valence-corrected chi connectivity index (χ1v) is 7.58. The lowest BCUT2D eigenvalue weighted by Gasteiger charge is -2.17. The molecule has 0 saturated carbocycles. The average molecular weight is 331 g/mol. The normalized spacial score (nSPS) is 11.9. The van der Waals surface area contributed by atoms with Gasteiger partial charge in [0, 0.05) is 18.5 Å². The maximum atomic E-state index is 12.8. The van der Waals surface area contributed by atoms with Crippen LogP contribution in [0.5, 0.6) is 0 Å². The van der Waals surface area contributed by atoms with Gasteiger partial charge < -0.3 is 10.6 Å². The summed E-state index contributed by atoms with van der Waals surface area (Å²) in [4.78, 5) is 18.0. The Bertz CT molecular complexity index is 720. The Morgan fingerprint density at radius 2 is 1.95 bits per heavy atom. The van der Waals surface area contributed by atoms with Crippen LogP contribution in [0.3, 0.4) is 0 Å². The van der Waals surface area contributed by atoms with Gasteiger partial charge in [-0.3, -0.25) is 4.79 Å². The monoisotopic (exact) mass is 331 g/mol. The van der Waals surface area contributed by atoms with Gasteiger partial charge in [0.25, 0.3) is 5.91 Å². The number of nitrogens with two attached hydrogens (primary N) is 1. The maximum absolute atomic E-state index is 12.8. The number of rotatable bonds is 3. The second kappa shape index (κ2) is 5.75. The highest BCUT2D eigenvalue weighted by molar-refractivity contribution is 7.21. The van der Waals surface area contributed by atoms with Gasteiger partial charge in [0.15, 0.2) is 0 Å². The van der Waals surface area contributed by atoms with Crippen LogP contribution in [-0.2, 0) is 6.18 Å². The van der Waals surface area contributed by atoms with Crippen molar-refractivity contribution >= 4 is 33.1 Å². The summed E-state index contributed by atoms with van der Waals surface area (Å²) in [5.41, 5.74) is 5.59. The summed E-state index contributed by atoms with van der Waals surface area (Å²) in [7, 11) is 0. The molecule has 2 aromatic heterocycles. The van der Waals surface area contributed by atoms with E-state index in [9.17, 15) is 18.0 Å². The highest BCUT2D eigenvalue weighted by Gasteiger charge is 2.34. The maximum Gasteiger partial charge on any atom is 0.433 e. The molecule has 1 amide bonds. The van der Waals surface area contributed by atoms with E-state index in [-0.39, 0.29) is 21.3 Å². The predicted octanol–water partition coefficient (Wildman–Crippen LogP) is 3.69. The highest BCUT2D eigenvalue weighted by Crippen LogP contribution is 2.38. The summed E-state index contributed by atoms with van der Waals surface area (Å²) >= 11 is 0.908. The summed E-state index contributed by atoms with van der Waals surface area (Å²) in [5.74, 6) is -0.279. The molecule has 0 saturated heterocycles. The number of pyridine rings is 1. The first kappa shape index (κ1) is 16.5. The zero-order valence-electron chi connectivity index (χ0n) is 12.4. The number of hydrogen-bond acceptors (Lipinski definition) is 4. The van der Waals surface area contributed by atoms with Crippen molar-refractivity contribution in [2.45, 2.75) is 26.9 Å². The zero-order chi connectivity index (χ0) is 16.7. The predicted molar refractivity (Wildman–Crippen MR) is 81.0 cm³/mol. The van der Waals surface area contributed by atoms with Crippen molar-refractivity contribution in [2.75, 3.05) is 18.8 Å². The number of hydrogen-bond donors (Lipinski definition) is 1. The average Bonchev–Trinajstić information content (AvgIpc) is 2.76. The third-order valence-corrected chi connectivity index (χ3v) is 4.52. The number of amides is 1. The van der Waals surface area contributed by atoms with E-state index in [0.29, 0.717) is 24.0 Å². The van der Waals surface area contributed by atoms with Crippen molar-refractivity contribution in [3.63, 3.8) is 0 Å². The first-order valence-electron chi connectivity index (χ1n) is 6.76. The zero-order valence-corrected chi connectivity index (χ0v) is 13.2. The van der Waals surface area contributed by atoms with E-state index in [2.05, 4.69) is 4.98 Å². The number of aryl methyl sites for hydroxylation is 1. The summed E-state index contributed by atoms with van der Waals surface area (Å²) in [6, 6.07) is 0.955. The number of aromatic nitrogens is 1. The number of nitrogen functional groups attached to an aromatic ring is 1. The molecule has 0 spiro atoms. The molecule has 0 aliphatic heterocycles. The molecular formula is C14H16F3N3OS. The first-order chi connectivity index (χ1) is 10.2. The molecule has 2 heterocycles. The van der Waals surface area contributed by atoms with Gasteiger partial charge in [0.05, 0.1) is 5.69 Å². The molecule has 0 aliphatic carbocycles. The standard InChI is InChI=1S/C14H16F3N3OS/c1-4-20(5-2)13(21)11-10(18)9-7(3)6-8(14(15,16)17)19-12(9)22-11/h6H,4-5,18H2,1-3H3. The van der Waals surface area contributed by atoms with Crippen LogP contribution >= 0.6 is 11.3 Å². The second-order valence-corrected chi connectivity index (χ2v) is 5.82. The van der Waals surface area contributed by atoms with Gasteiger partial charge >= 0.3 is 6.18 Å². The Kier molecular flexibility index (Phi) is 4.32. The molecule has 0 aromatic carbocycles. The fraction of sp³-hybridized carbons (Fsp3) is 0.429. The van der Waals surface area contributed by atoms with Gasteiger partial charge in [-0.1, -0.05) is 0 Å². The third-order valence-electron chi connectivity index (χ3n) is 3.43. The largest absolute Gasteiger partial charge is 0.433 e. The van der Waals surface area contributed by atoms with E-state index >= 15 is 0 Å². The minimum Gasteiger partial charge on any atom is -0.397 e. The SMILES string of the molecule is CCN(CC)C(=O)c1sc2nc(C(F)(F)F)cc(C)c2c1N. The molecule has 2 rings (SSSR count). The Morgan fingerprint density at radius 1 is 1.36 bits per heavy atom. The minimum atomic E-state index is -4.53. The van der Waals surface area contributed by atoms with Crippen LogP contribution in [0.1, 0.15) is 34.8 Å². The summed E-state index contributed by atoms with van der Waals surface area (Å²) in [6.07, 6.45) is -4.53. The molecule has 0 unspecified atom stereocenters. The Morgan fingerprint density at radius 3 is 2.45 bits per heavy atom. The van der Waals surface area contributed by atoms with Gasteiger partial charge in [-0.25, -0.2) is 4.98 Å². The molecule has 120 valence electrons. The van der Waals surface area contributed by atoms with Gasteiger partial charge in [-0.05, 0) is 32.4 Å². The lowest BCUT2D eigenvalue weighted by molar-refractivity contribution is -0.141. The molecule has 0 atom stereocenters. The quantitative estimate of drug-likeness (QED) is 0.933. The van der Waals surface area contributed by atoms with Crippen LogP contribution in [0, 0.1) is 6.92 Å². The fourth-order valence-corrected chi connectivity index (χ4v) is 3.41. The van der Waals surface area contributed by atoms with E-state index in [1.807, 2.05) is 13.8 Å². The molecule has 0 fully saturated rings. The van der Waals surface area contributed by atoms with E-state index in [4.69, 9.17) is 5.73 Å². The van der Waals surface area contributed by atoms with Gasteiger partial charge in [-0.2, -0.15) is 13.2 Å². The van der Waals surface area contributed by atoms with E-state index in [1.165, 1.54) is 6.92 Å². The van der Waals surface area contributed by atoms with Crippen LogP contribution < -0.4 is 5.73 Å². The molecule has 0 bridgehead atoms. The van der Waals surface area contributed by atoms with Crippen molar-refractivity contribution in [1.82, 2.24) is 9.88 Å². The van der Waals surface area contributed by atoms with E-state index in [1.54, 1.807) is 4.90 Å². The van der Waals surface area contributed by atoms with Gasteiger partial charge in [0.2, 0.25) is 0 Å². The molecule has 2 aromatic rings. The molecule has 4 nitrogen and oxygen atoms in total. The number of alkyl halides is 3. The molecule has 22 heavy (non-hydrogen) atoms. The van der Waals surface area contributed by atoms with Crippen LogP contribution in [0.15, 0.2) is 6.07 Å². The van der Waals surface area contributed by atoms with Crippen LogP contribution in [0.25, 0.3) is 10.2 Å². The summed E-state index contributed by atoms with van der Waals surface area (Å²) < 4.78 is 38.5. The van der Waals surface area contributed by atoms with E-state index in [0.717, 1.165) is 17.4 Å². The van der Waals surface area contributed by atoms with Gasteiger partial charge in [0.1, 0.15) is 15.4 Å². The fourth-order valence-electron chi connectivity index (χ4n) is 2.27. The lowest BCUT2D eigenvalue weighted by Crippen LogP contribution is -2.30. The van der Waals surface area contributed by atoms with Gasteiger partial charge in [-0.15, -0.1) is 11.3 Å². The van der Waals surface area contributed by atoms with Crippen molar-refractivity contribution < 1.29 is 18.0 Å². The number of thiophene rings is 1.